The fourth-order valence-corrected chi connectivity index (χ4v) is 2.76. The Morgan fingerprint density at radius 3 is 2.20 bits per heavy atom. The summed E-state index contributed by atoms with van der Waals surface area (Å²) in [7, 11) is -0.942. The van der Waals surface area contributed by atoms with Crippen LogP contribution in [0.5, 0.6) is 0 Å². The first-order valence-corrected chi connectivity index (χ1v) is 7.15. The zero-order valence-electron chi connectivity index (χ0n) is 10.3. The Balaban J connectivity index is 2.65. The first kappa shape index (κ1) is 12.9. The van der Waals surface area contributed by atoms with Crippen molar-refractivity contribution in [2.24, 2.45) is 0 Å². The molecule has 1 heterocycles. The van der Waals surface area contributed by atoms with E-state index in [1.54, 1.807) is 4.31 Å². The molecule has 1 aliphatic heterocycles. The second-order valence-electron chi connectivity index (χ2n) is 5.35. The van der Waals surface area contributed by atoms with Crippen LogP contribution in [0.1, 0.15) is 27.2 Å². The number of hydrogen-bond donors (Lipinski definition) is 0. The molecule has 5 heteroatoms. The van der Waals surface area contributed by atoms with E-state index in [-0.39, 0.29) is 5.54 Å². The molecule has 0 bridgehead atoms. The van der Waals surface area contributed by atoms with Crippen LogP contribution in [0.15, 0.2) is 0 Å². The second kappa shape index (κ2) is 4.03. The van der Waals surface area contributed by atoms with Gasteiger partial charge in [0.15, 0.2) is 0 Å². The van der Waals surface area contributed by atoms with E-state index in [9.17, 15) is 8.42 Å². The minimum absolute atomic E-state index is 0.0954. The Bertz CT molecular complexity index is 319. The lowest BCUT2D eigenvalue weighted by Crippen LogP contribution is -2.46. The molecule has 0 spiro atoms. The van der Waals surface area contributed by atoms with Crippen LogP contribution < -0.4 is 0 Å². The first-order valence-electron chi connectivity index (χ1n) is 5.30. The highest BCUT2D eigenvalue weighted by Crippen LogP contribution is 2.22. The van der Waals surface area contributed by atoms with Crippen molar-refractivity contribution < 1.29 is 8.42 Å². The largest absolute Gasteiger partial charge is 0.297 e. The summed E-state index contributed by atoms with van der Waals surface area (Å²) in [4.78, 5) is 2.26. The third-order valence-corrected chi connectivity index (χ3v) is 4.47. The van der Waals surface area contributed by atoms with Gasteiger partial charge >= 0.3 is 0 Å². The van der Waals surface area contributed by atoms with Crippen molar-refractivity contribution in [3.63, 3.8) is 0 Å². The van der Waals surface area contributed by atoms with Crippen LogP contribution in [0.25, 0.3) is 0 Å². The minimum atomic E-state index is -3.01. The van der Waals surface area contributed by atoms with Crippen LogP contribution in [0, 0.1) is 0 Å². The summed E-state index contributed by atoms with van der Waals surface area (Å²) in [5.74, 6) is 0. The van der Waals surface area contributed by atoms with Crippen LogP contribution >= 0.6 is 0 Å². The molecule has 1 aliphatic rings. The maximum absolute atomic E-state index is 11.4. The average Bonchev–Trinajstić information content (AvgIpc) is 2.47. The van der Waals surface area contributed by atoms with E-state index >= 15 is 0 Å². The summed E-state index contributed by atoms with van der Waals surface area (Å²) in [6, 6.07) is 0.347. The van der Waals surface area contributed by atoms with Crippen molar-refractivity contribution >= 4 is 10.0 Å². The normalized spacial score (nSPS) is 25.1. The van der Waals surface area contributed by atoms with E-state index in [1.807, 2.05) is 0 Å². The topological polar surface area (TPSA) is 40.6 Å². The van der Waals surface area contributed by atoms with Crippen molar-refractivity contribution in [1.29, 1.82) is 0 Å². The van der Waals surface area contributed by atoms with Gasteiger partial charge in [0.1, 0.15) is 0 Å². The first-order chi connectivity index (χ1) is 6.62. The van der Waals surface area contributed by atoms with Crippen molar-refractivity contribution in [1.82, 2.24) is 9.21 Å². The summed E-state index contributed by atoms with van der Waals surface area (Å²) < 4.78 is 24.3. The monoisotopic (exact) mass is 234 g/mol. The highest BCUT2D eigenvalue weighted by molar-refractivity contribution is 7.88. The highest BCUT2D eigenvalue weighted by atomic mass is 32.2. The van der Waals surface area contributed by atoms with Gasteiger partial charge in [-0.05, 0) is 34.2 Å². The van der Waals surface area contributed by atoms with Gasteiger partial charge in [0.05, 0.1) is 6.26 Å². The van der Waals surface area contributed by atoms with E-state index < -0.39 is 10.0 Å². The number of hydrogen-bond acceptors (Lipinski definition) is 3. The fraction of sp³-hybridized carbons (Fsp3) is 1.00. The van der Waals surface area contributed by atoms with Gasteiger partial charge in [-0.1, -0.05) is 0 Å². The van der Waals surface area contributed by atoms with Crippen molar-refractivity contribution in [2.75, 3.05) is 26.4 Å². The van der Waals surface area contributed by atoms with Gasteiger partial charge < -0.3 is 0 Å². The lowest BCUT2D eigenvalue weighted by Gasteiger charge is -2.36. The van der Waals surface area contributed by atoms with Crippen molar-refractivity contribution in [3.05, 3.63) is 0 Å². The van der Waals surface area contributed by atoms with Crippen molar-refractivity contribution in [3.8, 4) is 0 Å². The van der Waals surface area contributed by atoms with Crippen LogP contribution in [0.4, 0.5) is 0 Å². The summed E-state index contributed by atoms with van der Waals surface area (Å²) in [5.41, 5.74) is 0.0954. The Hall–Kier alpha value is -0.130. The molecular formula is C10H22N2O2S. The zero-order valence-corrected chi connectivity index (χ0v) is 11.1. The molecule has 0 radical (unpaired) electrons. The van der Waals surface area contributed by atoms with Gasteiger partial charge in [-0.25, -0.2) is 12.7 Å². The fourth-order valence-electron chi connectivity index (χ4n) is 1.88. The molecule has 90 valence electrons. The van der Waals surface area contributed by atoms with Crippen LogP contribution in [-0.2, 0) is 10.0 Å². The lowest BCUT2D eigenvalue weighted by atomic mass is 10.0. The average molecular weight is 234 g/mol. The summed E-state index contributed by atoms with van der Waals surface area (Å²) in [6.07, 6.45) is 2.22. The molecular weight excluding hydrogens is 212 g/mol. The van der Waals surface area contributed by atoms with Gasteiger partial charge in [-0.2, -0.15) is 0 Å². The molecule has 0 aromatic rings. The van der Waals surface area contributed by atoms with E-state index in [4.69, 9.17) is 0 Å². The predicted octanol–water partition coefficient (Wildman–Crippen LogP) is 0.751. The summed E-state index contributed by atoms with van der Waals surface area (Å²) in [6.45, 7) is 7.73. The van der Waals surface area contributed by atoms with E-state index in [1.165, 1.54) is 6.26 Å². The number of rotatable bonds is 2. The standard InChI is InChI=1S/C10H22N2O2S/c1-10(2,3)11(4)9-6-7-12(8-9)15(5,13)14/h9H,6-8H2,1-5H3/t9-/m0/s1. The molecule has 1 atom stereocenters. The molecule has 0 N–H and O–H groups in total. The van der Waals surface area contributed by atoms with E-state index in [0.29, 0.717) is 19.1 Å². The Labute approximate surface area is 93.3 Å². The number of likely N-dealkylation sites (N-methyl/N-ethyl adjacent to an activating group) is 1. The molecule has 0 saturated carbocycles. The molecule has 0 unspecified atom stereocenters. The lowest BCUT2D eigenvalue weighted by molar-refractivity contribution is 0.123. The third-order valence-electron chi connectivity index (χ3n) is 3.20. The van der Waals surface area contributed by atoms with Gasteiger partial charge in [0.2, 0.25) is 10.0 Å². The molecule has 0 aromatic carbocycles. The molecule has 4 nitrogen and oxygen atoms in total. The van der Waals surface area contributed by atoms with Gasteiger partial charge in [0, 0.05) is 24.7 Å². The Morgan fingerprint density at radius 2 is 1.87 bits per heavy atom. The van der Waals surface area contributed by atoms with Crippen LogP contribution in [0.3, 0.4) is 0 Å². The Morgan fingerprint density at radius 1 is 1.33 bits per heavy atom. The van der Waals surface area contributed by atoms with Gasteiger partial charge in [0.25, 0.3) is 0 Å². The van der Waals surface area contributed by atoms with E-state index in [2.05, 4.69) is 32.7 Å². The van der Waals surface area contributed by atoms with Gasteiger partial charge in [-0.15, -0.1) is 0 Å². The second-order valence-corrected chi connectivity index (χ2v) is 7.33. The molecule has 0 amide bonds. The van der Waals surface area contributed by atoms with Crippen LogP contribution in [0.2, 0.25) is 0 Å². The highest BCUT2D eigenvalue weighted by Gasteiger charge is 2.34. The number of sulfonamides is 1. The Kier molecular flexibility index (Phi) is 3.48. The molecule has 1 saturated heterocycles. The smallest absolute Gasteiger partial charge is 0.211 e. The van der Waals surface area contributed by atoms with Gasteiger partial charge in [-0.3, -0.25) is 4.90 Å². The summed E-state index contributed by atoms with van der Waals surface area (Å²) in [5, 5.41) is 0. The maximum atomic E-state index is 11.4. The number of nitrogens with zero attached hydrogens (tertiary/aromatic N) is 2. The molecule has 1 rings (SSSR count). The molecule has 0 aromatic heterocycles. The van der Waals surface area contributed by atoms with E-state index in [0.717, 1.165) is 6.42 Å². The SMILES string of the molecule is CN([C@H]1CCN(S(C)(=O)=O)C1)C(C)(C)C. The molecule has 0 aliphatic carbocycles. The third kappa shape index (κ3) is 3.16. The van der Waals surface area contributed by atoms with Crippen molar-refractivity contribution in [2.45, 2.75) is 38.8 Å². The quantitative estimate of drug-likeness (QED) is 0.708. The molecule has 15 heavy (non-hydrogen) atoms. The zero-order chi connectivity index (χ0) is 11.9. The van der Waals surface area contributed by atoms with Crippen LogP contribution in [-0.4, -0.2) is 55.6 Å². The summed E-state index contributed by atoms with van der Waals surface area (Å²) >= 11 is 0. The molecule has 1 fully saturated rings. The maximum Gasteiger partial charge on any atom is 0.211 e. The predicted molar refractivity (Wildman–Crippen MR) is 62.3 cm³/mol. The minimum Gasteiger partial charge on any atom is -0.297 e.